The quantitative estimate of drug-likeness (QED) is 0.151. The molecule has 1 aliphatic heterocycles. The largest absolute Gasteiger partial charge is 0.484 e. The minimum absolute atomic E-state index is 0.0283. The lowest BCUT2D eigenvalue weighted by molar-refractivity contribution is -0.0626. The summed E-state index contributed by atoms with van der Waals surface area (Å²) in [7, 11) is -2.26. The van der Waals surface area contributed by atoms with Crippen molar-refractivity contribution in [3.63, 3.8) is 0 Å². The van der Waals surface area contributed by atoms with Crippen LogP contribution in [0.2, 0.25) is 18.1 Å². The van der Waals surface area contributed by atoms with E-state index in [0.29, 0.717) is 32.2 Å². The van der Waals surface area contributed by atoms with Crippen LogP contribution in [0, 0.1) is 0 Å². The van der Waals surface area contributed by atoms with Crippen LogP contribution in [0.1, 0.15) is 78.1 Å². The Labute approximate surface area is 309 Å². The Morgan fingerprint density at radius 2 is 1.42 bits per heavy atom. The number of hydrogen-bond donors (Lipinski definition) is 0. The topological polar surface area (TPSA) is 75.7 Å². The lowest BCUT2D eigenvalue weighted by atomic mass is 10.1. The second kappa shape index (κ2) is 16.7. The number of benzene rings is 3. The van der Waals surface area contributed by atoms with Gasteiger partial charge >= 0.3 is 6.09 Å². The Bertz CT molecular complexity index is 1520. The van der Waals surface area contributed by atoms with Crippen molar-refractivity contribution in [2.24, 2.45) is 0 Å². The molecule has 4 rings (SSSR count). The molecule has 1 fully saturated rings. The molecule has 0 N–H and O–H groups in total. The third-order valence-corrected chi connectivity index (χ3v) is 14.3. The summed E-state index contributed by atoms with van der Waals surface area (Å²) >= 11 is 3.78. The molecular weight excluding hydrogens is 714 g/mol. The maximum atomic E-state index is 13.3. The van der Waals surface area contributed by atoms with Crippen LogP contribution >= 0.6 is 15.9 Å². The highest BCUT2D eigenvalue weighted by Crippen LogP contribution is 2.41. The molecule has 0 aromatic heterocycles. The first kappa shape index (κ1) is 40.0. The number of carbonyl (C=O) groups excluding carboxylic acids is 1. The maximum absolute atomic E-state index is 13.3. The molecule has 1 aliphatic rings. The van der Waals surface area contributed by atoms with Gasteiger partial charge in [-0.3, -0.25) is 4.90 Å². The number of carbonyl (C=O) groups is 1. The molecule has 8 nitrogen and oxygen atoms in total. The predicted octanol–water partition coefficient (Wildman–Crippen LogP) is 10.1. The Balaban J connectivity index is 1.61. The first-order chi connectivity index (χ1) is 23.4. The molecule has 1 heterocycles. The van der Waals surface area contributed by atoms with Crippen molar-refractivity contribution >= 4 is 30.3 Å². The van der Waals surface area contributed by atoms with Crippen LogP contribution in [0.15, 0.2) is 83.3 Å². The minimum atomic E-state index is -2.26. The van der Waals surface area contributed by atoms with Crippen LogP contribution in [0.4, 0.5) is 4.79 Å². The van der Waals surface area contributed by atoms with E-state index in [0.717, 1.165) is 21.2 Å². The molecule has 10 heteroatoms. The van der Waals surface area contributed by atoms with Crippen LogP contribution in [-0.4, -0.2) is 62.7 Å². The van der Waals surface area contributed by atoms with Crippen molar-refractivity contribution in [3.05, 3.63) is 100 Å². The fourth-order valence-electron chi connectivity index (χ4n) is 5.41. The second-order valence-corrected chi connectivity index (χ2v) is 21.5. The summed E-state index contributed by atoms with van der Waals surface area (Å²) in [6.07, 6.45) is -1.32. The molecule has 1 amide bonds. The van der Waals surface area contributed by atoms with E-state index < -0.39 is 37.9 Å². The van der Waals surface area contributed by atoms with Crippen molar-refractivity contribution in [1.82, 2.24) is 4.90 Å². The second-order valence-electron chi connectivity index (χ2n) is 15.9. The summed E-state index contributed by atoms with van der Waals surface area (Å²) < 4.78 is 39.1. The Kier molecular flexibility index (Phi) is 13.4. The Morgan fingerprint density at radius 1 is 0.880 bits per heavy atom. The smallest absolute Gasteiger partial charge is 0.413 e. The molecule has 0 aliphatic carbocycles. The van der Waals surface area contributed by atoms with Crippen molar-refractivity contribution in [1.29, 1.82) is 0 Å². The molecule has 0 unspecified atom stereocenters. The molecule has 0 bridgehead atoms. The zero-order valence-electron chi connectivity index (χ0n) is 31.5. The Morgan fingerprint density at radius 3 is 1.92 bits per heavy atom. The average Bonchev–Trinajstić information content (AvgIpc) is 3.35. The van der Waals surface area contributed by atoms with E-state index in [-0.39, 0.29) is 17.7 Å². The molecule has 274 valence electrons. The molecular formula is C40H56BrNO7Si. The number of hydrogen-bond acceptors (Lipinski definition) is 7. The van der Waals surface area contributed by atoms with Crippen LogP contribution < -0.4 is 4.74 Å². The average molecular weight is 771 g/mol. The summed E-state index contributed by atoms with van der Waals surface area (Å²) in [5.74, 6) is 0.635. The van der Waals surface area contributed by atoms with Gasteiger partial charge in [-0.15, -0.1) is 0 Å². The molecule has 50 heavy (non-hydrogen) atoms. The standard InChI is InChI=1S/C40H56BrNO7Si/c1-38(2,3)48-37(43)42-33(26-46-40(42,7)8)31-21-22-34(32(41)23-31)47-35(27-44-24-29-17-13-11-14-18-29)36(49-50(9,10)39(4,5)6)28-45-25-30-19-15-12-16-20-30/h11-23,33,35-36H,24-28H2,1-10H3/t33-,35+,36-/m0/s1. The van der Waals surface area contributed by atoms with Crippen LogP contribution in [0.25, 0.3) is 0 Å². The third kappa shape index (κ3) is 11.1. The fraction of sp³-hybridized carbons (Fsp3) is 0.525. The molecule has 3 aromatic carbocycles. The van der Waals surface area contributed by atoms with Gasteiger partial charge in [0.05, 0.1) is 43.5 Å². The van der Waals surface area contributed by atoms with Gasteiger partial charge in [0.2, 0.25) is 0 Å². The lowest BCUT2D eigenvalue weighted by Gasteiger charge is -2.41. The van der Waals surface area contributed by atoms with E-state index in [9.17, 15) is 4.79 Å². The highest BCUT2D eigenvalue weighted by atomic mass is 79.9. The van der Waals surface area contributed by atoms with Crippen molar-refractivity contribution in [3.8, 4) is 5.75 Å². The zero-order chi connectivity index (χ0) is 36.7. The number of nitrogens with zero attached hydrogens (tertiary/aromatic N) is 1. The van der Waals surface area contributed by atoms with Gasteiger partial charge in [0.25, 0.3) is 0 Å². The molecule has 3 aromatic rings. The summed E-state index contributed by atoms with van der Waals surface area (Å²) in [5.41, 5.74) is 1.61. The Hall–Kier alpha value is -2.73. The van der Waals surface area contributed by atoms with E-state index in [4.69, 9.17) is 28.1 Å². The van der Waals surface area contributed by atoms with Gasteiger partial charge in [-0.05, 0) is 97.5 Å². The fourth-order valence-corrected chi connectivity index (χ4v) is 7.23. The highest BCUT2D eigenvalue weighted by molar-refractivity contribution is 9.10. The number of halogens is 1. The number of rotatable bonds is 14. The molecule has 0 saturated carbocycles. The minimum Gasteiger partial charge on any atom is -0.484 e. The zero-order valence-corrected chi connectivity index (χ0v) is 34.0. The summed E-state index contributed by atoms with van der Waals surface area (Å²) in [4.78, 5) is 15.0. The van der Waals surface area contributed by atoms with Crippen LogP contribution in [0.5, 0.6) is 5.75 Å². The number of ether oxygens (including phenoxy) is 5. The van der Waals surface area contributed by atoms with Gasteiger partial charge in [-0.1, -0.05) is 87.5 Å². The summed E-state index contributed by atoms with van der Waals surface area (Å²) in [6.45, 7) is 22.4. The molecule has 3 atom stereocenters. The van der Waals surface area contributed by atoms with Crippen LogP contribution in [-0.2, 0) is 36.6 Å². The van der Waals surface area contributed by atoms with Gasteiger partial charge in [-0.2, -0.15) is 0 Å². The van der Waals surface area contributed by atoms with E-state index in [1.165, 1.54) is 0 Å². The van der Waals surface area contributed by atoms with Gasteiger partial charge in [-0.25, -0.2) is 4.79 Å². The first-order valence-electron chi connectivity index (χ1n) is 17.4. The van der Waals surface area contributed by atoms with Crippen molar-refractivity contribution in [2.75, 3.05) is 19.8 Å². The van der Waals surface area contributed by atoms with E-state index in [1.807, 2.05) is 101 Å². The third-order valence-electron chi connectivity index (χ3n) is 9.15. The molecule has 0 radical (unpaired) electrons. The van der Waals surface area contributed by atoms with Gasteiger partial charge in [0, 0.05) is 0 Å². The summed E-state index contributed by atoms with van der Waals surface area (Å²) in [5, 5.41) is -0.0283. The van der Waals surface area contributed by atoms with Gasteiger partial charge < -0.3 is 28.1 Å². The predicted molar refractivity (Wildman–Crippen MR) is 204 cm³/mol. The number of amides is 1. The molecule has 1 saturated heterocycles. The first-order valence-corrected chi connectivity index (χ1v) is 21.1. The SMILES string of the molecule is CC(C)(C)OC(=O)N1[C@H](c2ccc(O[C@H](COCc3ccccc3)[C@H](COCc3ccccc3)O[Si](C)(C)C(C)(C)C)c(Br)c2)COC1(C)C. The summed E-state index contributed by atoms with van der Waals surface area (Å²) in [6, 6.07) is 25.8. The lowest BCUT2D eigenvalue weighted by Crippen LogP contribution is -2.51. The van der Waals surface area contributed by atoms with Crippen LogP contribution in [0.3, 0.4) is 0 Å². The van der Waals surface area contributed by atoms with Gasteiger partial charge in [0.15, 0.2) is 8.32 Å². The normalized spacial score (nSPS) is 17.7. The van der Waals surface area contributed by atoms with E-state index in [2.05, 4.69) is 61.9 Å². The monoisotopic (exact) mass is 769 g/mol. The van der Waals surface area contributed by atoms with E-state index >= 15 is 0 Å². The van der Waals surface area contributed by atoms with Crippen molar-refractivity contribution < 1.29 is 32.9 Å². The van der Waals surface area contributed by atoms with Crippen molar-refractivity contribution in [2.45, 2.75) is 116 Å². The van der Waals surface area contributed by atoms with Gasteiger partial charge in [0.1, 0.15) is 29.3 Å². The highest BCUT2D eigenvalue weighted by Gasteiger charge is 2.47. The molecule has 0 spiro atoms. The van der Waals surface area contributed by atoms with E-state index in [1.54, 1.807) is 4.90 Å². The maximum Gasteiger partial charge on any atom is 0.413 e.